The van der Waals surface area contributed by atoms with Crippen LogP contribution >= 0.6 is 115 Å². The Bertz CT molecular complexity index is 6710. The first-order valence-electron chi connectivity index (χ1n) is 46.6. The number of sulfonamides is 5. The summed E-state index contributed by atoms with van der Waals surface area (Å²) in [6, 6.07) is 12.7. The van der Waals surface area contributed by atoms with Gasteiger partial charge in [-0.25, -0.2) is 89.0 Å². The third-order valence-electron chi connectivity index (χ3n) is 25.6. The molecule has 11 aromatic rings. The number of nitrogens with one attached hydrogen (secondary N) is 10. The predicted molar refractivity (Wildman–Crippen MR) is 578 cm³/mol. The minimum absolute atomic E-state index is 0.0155. The average Bonchev–Trinajstić information content (AvgIpc) is 1.16. The molecule has 0 bridgehead atoms. The normalized spacial score (nSPS) is 20.5. The Kier molecular flexibility index (Phi) is 40.4. The number of hydrogen-bond donors (Lipinski definition) is 11. The van der Waals surface area contributed by atoms with Gasteiger partial charge in [0.1, 0.15) is 53.6 Å². The van der Waals surface area contributed by atoms with Crippen LogP contribution in [0.1, 0.15) is 122 Å². The van der Waals surface area contributed by atoms with Crippen molar-refractivity contribution < 1.29 is 69.1 Å². The Balaban J connectivity index is 0.000000153. The van der Waals surface area contributed by atoms with Gasteiger partial charge in [-0.1, -0.05) is 127 Å². The molecule has 0 amide bonds. The van der Waals surface area contributed by atoms with Gasteiger partial charge >= 0.3 is 0 Å². The zero-order valence-corrected chi connectivity index (χ0v) is 92.8. The Morgan fingerprint density at radius 3 is 0.918 bits per heavy atom. The van der Waals surface area contributed by atoms with Crippen LogP contribution in [0.2, 0.25) is 25.1 Å². The molecule has 11 N–H and O–H groups in total. The largest absolute Gasteiger partial charge is 0.392 e. The van der Waals surface area contributed by atoms with Crippen molar-refractivity contribution in [2.45, 2.75) is 213 Å². The molecule has 11 atom stereocenters. The van der Waals surface area contributed by atoms with Gasteiger partial charge in [-0.05, 0) is 193 Å². The summed E-state index contributed by atoms with van der Waals surface area (Å²) in [7, 11) is -2.74. The molecule has 0 saturated heterocycles. The number of aliphatic hydroxyl groups is 1. The van der Waals surface area contributed by atoms with E-state index >= 15 is 0 Å². The number of thiazole rings is 5. The number of anilines is 11. The van der Waals surface area contributed by atoms with Gasteiger partial charge in [0.2, 0.25) is 0 Å². The fourth-order valence-electron chi connectivity index (χ4n) is 18.0. The molecule has 0 aliphatic heterocycles. The van der Waals surface area contributed by atoms with Crippen molar-refractivity contribution in [3.8, 4) is 0 Å². The van der Waals surface area contributed by atoms with Crippen LogP contribution in [0.5, 0.6) is 0 Å². The van der Waals surface area contributed by atoms with Crippen LogP contribution in [-0.2, 0) is 57.2 Å². The highest BCUT2D eigenvalue weighted by molar-refractivity contribution is 7.94. The Labute approximate surface area is 893 Å². The molecule has 17 rings (SSSR count). The molecule has 0 spiro atoms. The lowest BCUT2D eigenvalue weighted by Crippen LogP contribution is -2.49. The number of nitrogens with zero attached hydrogens (tertiary/aromatic N) is 12. The number of benzene rings is 5. The monoisotopic (exact) mass is 2310 g/mol. The lowest BCUT2D eigenvalue weighted by Gasteiger charge is -2.39. The van der Waals surface area contributed by atoms with Gasteiger partial charge in [0.25, 0.3) is 50.1 Å². The summed E-state index contributed by atoms with van der Waals surface area (Å²) in [6.07, 6.45) is 38.0. The molecule has 4 saturated carbocycles. The minimum atomic E-state index is -4.15. The summed E-state index contributed by atoms with van der Waals surface area (Å²) in [6.45, 7) is 0.606. The van der Waals surface area contributed by atoms with Crippen LogP contribution in [0, 0.1) is 35.0 Å². The highest BCUT2D eigenvalue weighted by Crippen LogP contribution is 2.42. The molecule has 6 heterocycles. The van der Waals surface area contributed by atoms with E-state index in [0.717, 1.165) is 239 Å². The quantitative estimate of drug-likeness (QED) is 0.0101. The van der Waals surface area contributed by atoms with Crippen molar-refractivity contribution >= 4 is 225 Å². The molecule has 6 aromatic heterocycles. The maximum absolute atomic E-state index is 14.9. The van der Waals surface area contributed by atoms with E-state index in [-0.39, 0.29) is 111 Å². The summed E-state index contributed by atoms with van der Waals surface area (Å²) in [5.74, 6) is -3.97. The lowest BCUT2D eigenvalue weighted by atomic mass is 9.89. The minimum Gasteiger partial charge on any atom is -0.392 e. The fraction of sp³-hybridized carbons (Fsp3) is 0.441. The van der Waals surface area contributed by atoms with E-state index in [4.69, 9.17) is 58.0 Å². The molecular formula is C93H116Cl5F5N22O11S10. The van der Waals surface area contributed by atoms with Crippen LogP contribution in [0.15, 0.2) is 180 Å². The van der Waals surface area contributed by atoms with E-state index < -0.39 is 104 Å². The number of rotatable bonds is 34. The number of hydrogen-bond acceptors (Lipinski definition) is 32. The number of aliphatic hydroxyl groups excluding tert-OH is 1. The van der Waals surface area contributed by atoms with Crippen LogP contribution in [0.25, 0.3) is 0 Å². The van der Waals surface area contributed by atoms with E-state index in [0.29, 0.717) is 46.9 Å². The summed E-state index contributed by atoms with van der Waals surface area (Å²) in [4.78, 5) is 27.5. The van der Waals surface area contributed by atoms with Crippen molar-refractivity contribution in [2.75, 3.05) is 118 Å². The second kappa shape index (κ2) is 51.5. The first kappa shape index (κ1) is 115. The van der Waals surface area contributed by atoms with E-state index in [1.54, 1.807) is 31.6 Å². The van der Waals surface area contributed by atoms with Crippen molar-refractivity contribution in [1.29, 1.82) is 0 Å². The smallest absolute Gasteiger partial charge is 0.266 e. The molecule has 6 aliphatic rings. The van der Waals surface area contributed by atoms with Gasteiger partial charge in [-0.15, -0.1) is 56.7 Å². The number of likely N-dealkylation sites (N-methyl/N-ethyl adjacent to an activating group) is 5. The van der Waals surface area contributed by atoms with Crippen LogP contribution in [0.3, 0.4) is 0 Å². The van der Waals surface area contributed by atoms with Crippen molar-refractivity contribution in [2.24, 2.45) is 13.0 Å². The topological polar surface area (TPSA) is 410 Å². The molecular weight excluding hydrogens is 2190 g/mol. The SMILES string of the molecule is CN(C)[C@@H]1CC=CC[C@H]1Nc1cc(F)c(S(=O)(=O)Nc2nccs2)cc1Cl.CN(C)[C@H]1CC=CC[C@@H]1Nc1cc(F)c(S(=O)(=O)Nc2nccs2)cc1Cl.CN(C)[C@H]1CCCCC[C@@H]1Nc1cc(F)c(S(=O)(=O)Nc2nccs2)cc1Cl.CN(CC(O)C1CC1)[C@H]1CCCC[C@@H]1Nc1cc(F)c(S(=O)(=O)Nc2nccs2)cc1Cl.CN(c1cnn(C)c1)[C@H]1CCCC[C@@H]1Nc1cc(F)c(S(=O)(=O)Nc2nccs2)cc1Cl. The highest BCUT2D eigenvalue weighted by atomic mass is 35.5. The van der Waals surface area contributed by atoms with Gasteiger partial charge < -0.3 is 51.3 Å². The molecule has 146 heavy (non-hydrogen) atoms. The first-order chi connectivity index (χ1) is 69.3. The van der Waals surface area contributed by atoms with Crippen molar-refractivity contribution in [1.82, 2.24) is 54.3 Å². The molecule has 33 nitrogen and oxygen atoms in total. The number of halogens is 10. The second-order valence-corrected chi connectivity index (χ2v) is 51.2. The summed E-state index contributed by atoms with van der Waals surface area (Å²) >= 11 is 37.2. The van der Waals surface area contributed by atoms with Crippen LogP contribution in [-0.4, -0.2) is 231 Å². The third-order valence-corrected chi connectivity index (χ3v) is 38.0. The zero-order valence-electron chi connectivity index (χ0n) is 80.8. The van der Waals surface area contributed by atoms with E-state index in [1.807, 2.05) is 75.8 Å². The molecule has 1 unspecified atom stereocenters. The fourth-order valence-corrected chi connectivity index (χ4v) is 28.8. The van der Waals surface area contributed by atoms with Crippen molar-refractivity contribution in [3.05, 3.63) is 209 Å². The molecule has 5 aromatic carbocycles. The van der Waals surface area contributed by atoms with E-state index in [2.05, 4.69) is 129 Å². The molecule has 6 aliphatic carbocycles. The van der Waals surface area contributed by atoms with Gasteiger partial charge in [0.05, 0.1) is 71.5 Å². The van der Waals surface area contributed by atoms with Gasteiger partial charge in [0.15, 0.2) is 25.7 Å². The van der Waals surface area contributed by atoms with Crippen molar-refractivity contribution in [3.63, 3.8) is 0 Å². The third kappa shape index (κ3) is 30.9. The van der Waals surface area contributed by atoms with Crippen LogP contribution in [0.4, 0.5) is 81.7 Å². The maximum atomic E-state index is 14.9. The second-order valence-electron chi connectivity index (χ2n) is 36.4. The molecule has 4 fully saturated rings. The summed E-state index contributed by atoms with van der Waals surface area (Å²) < 4.78 is 212. The standard InChI is InChI=1S/C21H28ClFN4O3S2.C20H24ClFN6O2S2.C18H24ClFN4O2S2.2C17H20ClFN4O2S2/c1-27(12-19(28)13-6-7-13)18-5-3-2-4-16(18)25-17-11-15(23)20(10-14(17)22)32(29,30)26-21-24-8-9-31-21;1-27-12-13(11-24-27)28(2)18-6-4-3-5-16(18)25-17-10-15(22)19(9-14(17)21)32(29,30)26-20-23-7-8-31-20;1-24(2)16-7-5-3-4-6-14(16)22-15-11-13(20)17(10-12(15)19)28(25,26)23-18-21-8-9-27-18;2*1-23(2)15-6-4-3-5-13(15)21-14-10-12(19)16(9-11(14)18)27(24,25)22-17-20-7-8-26-17/h8-11,13,16,18-19,25,28H,2-7,12H2,1H3,(H,24,26);7-12,16,18,25H,3-6H2,1-2H3,(H,23,26);8-11,14,16,22H,3-7H2,1-2H3,(H,21,23);2*3-4,7-10,13,15,21H,5-6H2,1-2H3,(H,20,22)/t16-,18-,19?;16-,18-;14-,16-;2*13-,15-/m00010/s1. The molecule has 0 radical (unpaired) electrons. The highest BCUT2D eigenvalue weighted by Gasteiger charge is 2.39. The Morgan fingerprint density at radius 1 is 0.363 bits per heavy atom. The Morgan fingerprint density at radius 2 is 0.630 bits per heavy atom. The number of aromatic nitrogens is 7. The van der Waals surface area contributed by atoms with Gasteiger partial charge in [-0.2, -0.15) is 5.10 Å². The zero-order chi connectivity index (χ0) is 105. The number of aryl methyl sites for hydroxylation is 1. The first-order valence-corrected chi connectivity index (χ1v) is 60.3. The molecule has 794 valence electrons. The summed E-state index contributed by atoms with van der Waals surface area (Å²) in [5, 5.41) is 40.8. The molecule has 53 heteroatoms. The summed E-state index contributed by atoms with van der Waals surface area (Å²) in [5.41, 5.74) is 2.88. The van der Waals surface area contributed by atoms with Gasteiger partial charge in [-0.3, -0.25) is 33.2 Å². The van der Waals surface area contributed by atoms with E-state index in [1.165, 1.54) is 37.4 Å². The van der Waals surface area contributed by atoms with Gasteiger partial charge in [0, 0.05) is 145 Å². The predicted octanol–water partition coefficient (Wildman–Crippen LogP) is 20.5. The van der Waals surface area contributed by atoms with Crippen LogP contribution < -0.4 is 55.1 Å². The Hall–Kier alpha value is -8.61. The maximum Gasteiger partial charge on any atom is 0.266 e. The van der Waals surface area contributed by atoms with E-state index in [9.17, 15) is 69.1 Å². The lowest BCUT2D eigenvalue weighted by molar-refractivity contribution is 0.0735. The average molecular weight is 2310 g/mol.